The smallest absolute Gasteiger partial charge is 0.241 e. The first-order chi connectivity index (χ1) is 6.65. The van der Waals surface area contributed by atoms with Crippen LogP contribution in [0.1, 0.15) is 26.2 Å². The number of alkyl halides is 2. The van der Waals surface area contributed by atoms with Gasteiger partial charge in [-0.15, -0.1) is 0 Å². The Morgan fingerprint density at radius 1 is 1.43 bits per heavy atom. The molecule has 0 aliphatic carbocycles. The zero-order chi connectivity index (χ0) is 10.6. The van der Waals surface area contributed by atoms with Gasteiger partial charge in [0.15, 0.2) is 0 Å². The Morgan fingerprint density at radius 2 is 2.00 bits per heavy atom. The van der Waals surface area contributed by atoms with Gasteiger partial charge in [0.2, 0.25) is 6.43 Å². The second-order valence-electron chi connectivity index (χ2n) is 3.92. The van der Waals surface area contributed by atoms with Gasteiger partial charge in [0.05, 0.1) is 12.5 Å². The molecule has 1 aliphatic heterocycles. The Kier molecular flexibility index (Phi) is 4.27. The van der Waals surface area contributed by atoms with E-state index in [0.717, 1.165) is 0 Å². The SMILES string of the molecule is CC(CC#N)N1CCC(C(F)F)CC1. The van der Waals surface area contributed by atoms with Crippen molar-refractivity contribution in [2.24, 2.45) is 5.92 Å². The predicted molar refractivity (Wildman–Crippen MR) is 50.0 cm³/mol. The summed E-state index contributed by atoms with van der Waals surface area (Å²) in [6.45, 7) is 3.39. The molecule has 0 aromatic heterocycles. The second-order valence-corrected chi connectivity index (χ2v) is 3.92. The minimum Gasteiger partial charge on any atom is -0.300 e. The minimum atomic E-state index is -2.18. The summed E-state index contributed by atoms with van der Waals surface area (Å²) in [6, 6.07) is 2.32. The molecule has 1 unspecified atom stereocenters. The van der Waals surface area contributed by atoms with E-state index in [-0.39, 0.29) is 6.04 Å². The third-order valence-corrected chi connectivity index (χ3v) is 2.94. The monoisotopic (exact) mass is 202 g/mol. The molecule has 0 bridgehead atoms. The van der Waals surface area contributed by atoms with Crippen LogP contribution in [0.15, 0.2) is 0 Å². The van der Waals surface area contributed by atoms with Gasteiger partial charge in [-0.2, -0.15) is 5.26 Å². The number of likely N-dealkylation sites (tertiary alicyclic amines) is 1. The fourth-order valence-corrected chi connectivity index (χ4v) is 1.87. The molecule has 1 fully saturated rings. The van der Waals surface area contributed by atoms with E-state index in [0.29, 0.717) is 32.4 Å². The van der Waals surface area contributed by atoms with Gasteiger partial charge in [0, 0.05) is 12.0 Å². The number of rotatable bonds is 3. The number of piperidine rings is 1. The van der Waals surface area contributed by atoms with Crippen LogP contribution in [0.4, 0.5) is 8.78 Å². The quantitative estimate of drug-likeness (QED) is 0.702. The lowest BCUT2D eigenvalue weighted by Crippen LogP contribution is -2.41. The first-order valence-corrected chi connectivity index (χ1v) is 5.04. The molecular formula is C10H16F2N2. The summed E-state index contributed by atoms with van der Waals surface area (Å²) in [5, 5.41) is 8.51. The fraction of sp³-hybridized carbons (Fsp3) is 0.900. The highest BCUT2D eigenvalue weighted by Gasteiger charge is 2.27. The van der Waals surface area contributed by atoms with Crippen LogP contribution in [0.5, 0.6) is 0 Å². The molecule has 0 saturated carbocycles. The van der Waals surface area contributed by atoms with Crippen molar-refractivity contribution in [2.45, 2.75) is 38.7 Å². The average Bonchev–Trinajstić information content (AvgIpc) is 2.18. The van der Waals surface area contributed by atoms with Gasteiger partial charge in [-0.25, -0.2) is 8.78 Å². The Hall–Kier alpha value is -0.690. The summed E-state index contributed by atoms with van der Waals surface area (Å²) in [4.78, 5) is 2.13. The van der Waals surface area contributed by atoms with Gasteiger partial charge in [0.1, 0.15) is 0 Å². The van der Waals surface area contributed by atoms with Gasteiger partial charge in [-0.1, -0.05) is 0 Å². The van der Waals surface area contributed by atoms with Crippen molar-refractivity contribution >= 4 is 0 Å². The van der Waals surface area contributed by atoms with Crippen molar-refractivity contribution in [2.75, 3.05) is 13.1 Å². The van der Waals surface area contributed by atoms with E-state index in [1.165, 1.54) is 0 Å². The number of nitriles is 1. The predicted octanol–water partition coefficient (Wildman–Crippen LogP) is 2.27. The van der Waals surface area contributed by atoms with Crippen molar-refractivity contribution in [1.29, 1.82) is 5.26 Å². The first-order valence-electron chi connectivity index (χ1n) is 5.04. The third kappa shape index (κ3) is 2.91. The Balaban J connectivity index is 2.32. The van der Waals surface area contributed by atoms with Crippen molar-refractivity contribution in [3.05, 3.63) is 0 Å². The summed E-state index contributed by atoms with van der Waals surface area (Å²) in [5.74, 6) is -0.430. The lowest BCUT2D eigenvalue weighted by Gasteiger charge is -2.34. The summed E-state index contributed by atoms with van der Waals surface area (Å²) < 4.78 is 24.7. The summed E-state index contributed by atoms with van der Waals surface area (Å²) in [5.41, 5.74) is 0. The standard InChI is InChI=1S/C10H16F2N2/c1-8(2-5-13)14-6-3-9(4-7-14)10(11)12/h8-10H,2-4,6-7H2,1H3. The van der Waals surface area contributed by atoms with E-state index in [1.807, 2.05) is 6.92 Å². The molecule has 0 spiro atoms. The van der Waals surface area contributed by atoms with E-state index < -0.39 is 12.3 Å². The van der Waals surface area contributed by atoms with Gasteiger partial charge < -0.3 is 0 Å². The molecule has 0 aromatic rings. The summed E-state index contributed by atoms with van der Waals surface area (Å²) in [6.07, 6.45) is -0.566. The number of halogens is 2. The highest BCUT2D eigenvalue weighted by atomic mass is 19.3. The van der Waals surface area contributed by atoms with Crippen LogP contribution in [-0.2, 0) is 0 Å². The first kappa shape index (κ1) is 11.4. The third-order valence-electron chi connectivity index (χ3n) is 2.94. The minimum absolute atomic E-state index is 0.207. The molecule has 1 rings (SSSR count). The zero-order valence-corrected chi connectivity index (χ0v) is 8.42. The maximum absolute atomic E-state index is 12.3. The van der Waals surface area contributed by atoms with Gasteiger partial charge in [-0.3, -0.25) is 4.90 Å². The Bertz CT molecular complexity index is 205. The van der Waals surface area contributed by atoms with E-state index in [4.69, 9.17) is 5.26 Å². The molecule has 0 radical (unpaired) electrons. The highest BCUT2D eigenvalue weighted by Crippen LogP contribution is 2.24. The number of hydrogen-bond donors (Lipinski definition) is 0. The molecular weight excluding hydrogens is 186 g/mol. The van der Waals surface area contributed by atoms with Crippen LogP contribution in [-0.4, -0.2) is 30.5 Å². The summed E-state index contributed by atoms with van der Waals surface area (Å²) in [7, 11) is 0. The molecule has 80 valence electrons. The molecule has 1 aliphatic rings. The number of nitrogens with zero attached hydrogens (tertiary/aromatic N) is 2. The molecule has 0 N–H and O–H groups in total. The molecule has 1 saturated heterocycles. The van der Waals surface area contributed by atoms with Crippen LogP contribution in [0.2, 0.25) is 0 Å². The van der Waals surface area contributed by atoms with Crippen LogP contribution in [0.3, 0.4) is 0 Å². The Labute approximate surface area is 83.5 Å². The van der Waals surface area contributed by atoms with E-state index in [1.54, 1.807) is 0 Å². The normalized spacial score (nSPS) is 22.2. The maximum Gasteiger partial charge on any atom is 0.241 e. The van der Waals surface area contributed by atoms with E-state index in [9.17, 15) is 8.78 Å². The lowest BCUT2D eigenvalue weighted by atomic mass is 9.96. The van der Waals surface area contributed by atoms with Crippen LogP contribution >= 0.6 is 0 Å². The van der Waals surface area contributed by atoms with Crippen LogP contribution in [0, 0.1) is 17.2 Å². The average molecular weight is 202 g/mol. The highest BCUT2D eigenvalue weighted by molar-refractivity contribution is 4.83. The molecule has 2 nitrogen and oxygen atoms in total. The van der Waals surface area contributed by atoms with Crippen LogP contribution in [0.25, 0.3) is 0 Å². The van der Waals surface area contributed by atoms with Crippen molar-refractivity contribution in [3.63, 3.8) is 0 Å². The van der Waals surface area contributed by atoms with Crippen molar-refractivity contribution < 1.29 is 8.78 Å². The van der Waals surface area contributed by atoms with Gasteiger partial charge in [0.25, 0.3) is 0 Å². The zero-order valence-electron chi connectivity index (χ0n) is 8.42. The van der Waals surface area contributed by atoms with Crippen molar-refractivity contribution in [3.8, 4) is 6.07 Å². The Morgan fingerprint density at radius 3 is 2.43 bits per heavy atom. The van der Waals surface area contributed by atoms with E-state index >= 15 is 0 Å². The topological polar surface area (TPSA) is 27.0 Å². The molecule has 14 heavy (non-hydrogen) atoms. The van der Waals surface area contributed by atoms with Gasteiger partial charge >= 0.3 is 0 Å². The van der Waals surface area contributed by atoms with Gasteiger partial charge in [-0.05, 0) is 32.9 Å². The van der Waals surface area contributed by atoms with Crippen molar-refractivity contribution in [1.82, 2.24) is 4.90 Å². The molecule has 1 heterocycles. The molecule has 0 aromatic carbocycles. The molecule has 0 amide bonds. The maximum atomic E-state index is 12.3. The summed E-state index contributed by atoms with van der Waals surface area (Å²) >= 11 is 0. The largest absolute Gasteiger partial charge is 0.300 e. The molecule has 4 heteroatoms. The van der Waals surface area contributed by atoms with Crippen LogP contribution < -0.4 is 0 Å². The number of hydrogen-bond acceptors (Lipinski definition) is 2. The lowest BCUT2D eigenvalue weighted by molar-refractivity contribution is 0.0269. The second kappa shape index (κ2) is 5.26. The molecule has 1 atom stereocenters. The fourth-order valence-electron chi connectivity index (χ4n) is 1.87. The van der Waals surface area contributed by atoms with E-state index in [2.05, 4.69) is 11.0 Å².